The molecule has 2 N–H and O–H groups in total. The number of nitrogens with two attached hydrogens (primary N) is 1. The molecule has 0 amide bonds. The zero-order valence-corrected chi connectivity index (χ0v) is 8.54. The van der Waals surface area contributed by atoms with Crippen LogP contribution in [-0.2, 0) is 4.79 Å². The smallest absolute Gasteiger partial charge is 0.311 e. The molecule has 0 aliphatic heterocycles. The molecule has 0 fully saturated rings. The van der Waals surface area contributed by atoms with Crippen LogP contribution in [0.5, 0.6) is 5.75 Å². The second-order valence-corrected chi connectivity index (χ2v) is 3.27. The topological polar surface area (TPSA) is 52.3 Å². The molecule has 1 aromatic rings. The number of hydrogen-bond donors (Lipinski definition) is 1. The van der Waals surface area contributed by atoms with Crippen LogP contribution >= 0.6 is 0 Å². The van der Waals surface area contributed by atoms with Crippen molar-refractivity contribution >= 4 is 11.7 Å². The zero-order chi connectivity index (χ0) is 10.6. The van der Waals surface area contributed by atoms with Gasteiger partial charge in [-0.15, -0.1) is 0 Å². The van der Waals surface area contributed by atoms with E-state index in [0.29, 0.717) is 17.9 Å². The minimum absolute atomic E-state index is 0.233. The van der Waals surface area contributed by atoms with Gasteiger partial charge in [0, 0.05) is 6.42 Å². The normalized spacial score (nSPS) is 9.86. The lowest BCUT2D eigenvalue weighted by molar-refractivity contribution is -0.134. The van der Waals surface area contributed by atoms with Crippen LogP contribution in [0.2, 0.25) is 0 Å². The summed E-state index contributed by atoms with van der Waals surface area (Å²) in [7, 11) is 0. The number of aryl methyl sites for hydroxylation is 1. The van der Waals surface area contributed by atoms with Crippen LogP contribution in [-0.4, -0.2) is 5.97 Å². The van der Waals surface area contributed by atoms with Gasteiger partial charge in [-0.25, -0.2) is 0 Å². The summed E-state index contributed by atoms with van der Waals surface area (Å²) in [6, 6.07) is 5.37. The third-order valence-corrected chi connectivity index (χ3v) is 1.84. The fourth-order valence-corrected chi connectivity index (χ4v) is 1.14. The number of ether oxygens (including phenoxy) is 1. The summed E-state index contributed by atoms with van der Waals surface area (Å²) in [5, 5.41) is 0. The van der Waals surface area contributed by atoms with Gasteiger partial charge in [-0.3, -0.25) is 4.79 Å². The van der Waals surface area contributed by atoms with E-state index in [-0.39, 0.29) is 5.97 Å². The number of carbonyl (C=O) groups is 1. The molecule has 0 aromatic heterocycles. The van der Waals surface area contributed by atoms with Gasteiger partial charge in [-0.05, 0) is 31.0 Å². The molecular formula is C11H15NO2. The second kappa shape index (κ2) is 4.65. The standard InChI is InChI=1S/C11H15NO2/c1-3-4-11(13)14-10-6-5-8(2)7-9(10)12/h5-7H,3-4,12H2,1-2H3. The fraction of sp³-hybridized carbons (Fsp3) is 0.364. The SMILES string of the molecule is CCCC(=O)Oc1ccc(C)cc1N. The highest BCUT2D eigenvalue weighted by atomic mass is 16.5. The molecule has 0 unspecified atom stereocenters. The Balaban J connectivity index is 2.72. The Bertz CT molecular complexity index is 334. The van der Waals surface area contributed by atoms with Gasteiger partial charge in [0.05, 0.1) is 5.69 Å². The Morgan fingerprint density at radius 1 is 1.50 bits per heavy atom. The zero-order valence-electron chi connectivity index (χ0n) is 8.54. The lowest BCUT2D eigenvalue weighted by Crippen LogP contribution is -2.08. The molecule has 0 spiro atoms. The Kier molecular flexibility index (Phi) is 3.51. The van der Waals surface area contributed by atoms with E-state index in [9.17, 15) is 4.79 Å². The number of hydrogen-bond acceptors (Lipinski definition) is 3. The van der Waals surface area contributed by atoms with Crippen molar-refractivity contribution in [3.05, 3.63) is 23.8 Å². The Labute approximate surface area is 83.9 Å². The lowest BCUT2D eigenvalue weighted by atomic mass is 10.2. The quantitative estimate of drug-likeness (QED) is 0.455. The monoisotopic (exact) mass is 193 g/mol. The molecule has 0 radical (unpaired) electrons. The van der Waals surface area contributed by atoms with Crippen molar-refractivity contribution in [3.8, 4) is 5.75 Å². The average molecular weight is 193 g/mol. The molecule has 3 nitrogen and oxygen atoms in total. The summed E-state index contributed by atoms with van der Waals surface area (Å²) in [5.74, 6) is 0.220. The van der Waals surface area contributed by atoms with Crippen LogP contribution in [0, 0.1) is 6.92 Å². The largest absolute Gasteiger partial charge is 0.424 e. The van der Waals surface area contributed by atoms with Crippen molar-refractivity contribution in [2.24, 2.45) is 0 Å². The number of nitrogen functional groups attached to an aromatic ring is 1. The fourth-order valence-electron chi connectivity index (χ4n) is 1.14. The molecule has 1 aromatic carbocycles. The maximum Gasteiger partial charge on any atom is 0.311 e. The summed E-state index contributed by atoms with van der Waals surface area (Å²) >= 11 is 0. The molecule has 0 atom stereocenters. The van der Waals surface area contributed by atoms with Crippen molar-refractivity contribution in [1.82, 2.24) is 0 Å². The highest BCUT2D eigenvalue weighted by Gasteiger charge is 2.06. The number of rotatable bonds is 3. The van der Waals surface area contributed by atoms with Crippen LogP contribution in [0.25, 0.3) is 0 Å². The summed E-state index contributed by atoms with van der Waals surface area (Å²) < 4.78 is 5.08. The van der Waals surface area contributed by atoms with Gasteiger partial charge in [-0.1, -0.05) is 13.0 Å². The van der Waals surface area contributed by atoms with Crippen LogP contribution in [0.3, 0.4) is 0 Å². The molecule has 0 saturated carbocycles. The Morgan fingerprint density at radius 3 is 2.79 bits per heavy atom. The van der Waals surface area contributed by atoms with Gasteiger partial charge >= 0.3 is 5.97 Å². The van der Waals surface area contributed by atoms with Gasteiger partial charge < -0.3 is 10.5 Å². The minimum atomic E-state index is -0.233. The molecule has 0 saturated heterocycles. The van der Waals surface area contributed by atoms with E-state index in [4.69, 9.17) is 10.5 Å². The van der Waals surface area contributed by atoms with E-state index in [1.54, 1.807) is 12.1 Å². The second-order valence-electron chi connectivity index (χ2n) is 3.27. The summed E-state index contributed by atoms with van der Waals surface area (Å²) in [4.78, 5) is 11.2. The lowest BCUT2D eigenvalue weighted by Gasteiger charge is -2.06. The average Bonchev–Trinajstić information content (AvgIpc) is 2.10. The number of carbonyl (C=O) groups excluding carboxylic acids is 1. The van der Waals surface area contributed by atoms with Gasteiger partial charge in [0.1, 0.15) is 0 Å². The maximum atomic E-state index is 11.2. The van der Waals surface area contributed by atoms with Crippen molar-refractivity contribution in [2.75, 3.05) is 5.73 Å². The Hall–Kier alpha value is -1.51. The highest BCUT2D eigenvalue weighted by Crippen LogP contribution is 2.22. The van der Waals surface area contributed by atoms with E-state index < -0.39 is 0 Å². The van der Waals surface area contributed by atoms with Crippen molar-refractivity contribution in [2.45, 2.75) is 26.7 Å². The molecule has 0 heterocycles. The molecule has 76 valence electrons. The van der Waals surface area contributed by atoms with E-state index >= 15 is 0 Å². The van der Waals surface area contributed by atoms with Gasteiger partial charge in [-0.2, -0.15) is 0 Å². The molecule has 0 aliphatic carbocycles. The molecule has 3 heteroatoms. The molecule has 1 rings (SSSR count). The maximum absolute atomic E-state index is 11.2. The first-order valence-corrected chi connectivity index (χ1v) is 4.70. The van der Waals surface area contributed by atoms with E-state index in [1.165, 1.54) is 0 Å². The van der Waals surface area contributed by atoms with Gasteiger partial charge in [0.2, 0.25) is 0 Å². The summed E-state index contributed by atoms with van der Waals surface area (Å²) in [6.45, 7) is 3.87. The first-order chi connectivity index (χ1) is 6.63. The predicted octanol–water partition coefficient (Wildman–Crippen LogP) is 2.28. The molecule has 14 heavy (non-hydrogen) atoms. The Morgan fingerprint density at radius 2 is 2.21 bits per heavy atom. The van der Waals surface area contributed by atoms with Crippen LogP contribution < -0.4 is 10.5 Å². The first-order valence-electron chi connectivity index (χ1n) is 4.70. The van der Waals surface area contributed by atoms with Crippen molar-refractivity contribution in [3.63, 3.8) is 0 Å². The third-order valence-electron chi connectivity index (χ3n) is 1.84. The minimum Gasteiger partial charge on any atom is -0.424 e. The van der Waals surface area contributed by atoms with Crippen LogP contribution in [0.15, 0.2) is 18.2 Å². The van der Waals surface area contributed by atoms with Gasteiger partial charge in [0.25, 0.3) is 0 Å². The van der Waals surface area contributed by atoms with E-state index in [2.05, 4.69) is 0 Å². The van der Waals surface area contributed by atoms with E-state index in [0.717, 1.165) is 12.0 Å². The molecule has 0 aliphatic rings. The predicted molar refractivity (Wildman–Crippen MR) is 56.1 cm³/mol. The summed E-state index contributed by atoms with van der Waals surface area (Å²) in [5.41, 5.74) is 7.25. The van der Waals surface area contributed by atoms with Gasteiger partial charge in [0.15, 0.2) is 5.75 Å². The highest BCUT2D eigenvalue weighted by molar-refractivity contribution is 5.74. The first kappa shape index (κ1) is 10.6. The molecular weight excluding hydrogens is 178 g/mol. The number of benzene rings is 1. The molecule has 0 bridgehead atoms. The number of anilines is 1. The van der Waals surface area contributed by atoms with Crippen LogP contribution in [0.4, 0.5) is 5.69 Å². The summed E-state index contributed by atoms with van der Waals surface area (Å²) in [6.07, 6.45) is 1.21. The third kappa shape index (κ3) is 2.76. The van der Waals surface area contributed by atoms with E-state index in [1.807, 2.05) is 19.9 Å². The van der Waals surface area contributed by atoms with Crippen LogP contribution in [0.1, 0.15) is 25.3 Å². The number of esters is 1. The van der Waals surface area contributed by atoms with Crippen molar-refractivity contribution < 1.29 is 9.53 Å². The van der Waals surface area contributed by atoms with Crippen molar-refractivity contribution in [1.29, 1.82) is 0 Å².